The highest BCUT2D eigenvalue weighted by molar-refractivity contribution is 9.10. The van der Waals surface area contributed by atoms with Crippen LogP contribution < -0.4 is 10.6 Å². The smallest absolute Gasteiger partial charge is 0.250 e. The van der Waals surface area contributed by atoms with Crippen LogP contribution in [-0.4, -0.2) is 16.0 Å². The molecule has 0 unspecified atom stereocenters. The molecule has 0 fully saturated rings. The van der Waals surface area contributed by atoms with Crippen molar-refractivity contribution in [2.24, 2.45) is 0 Å². The summed E-state index contributed by atoms with van der Waals surface area (Å²) in [5, 5.41) is 5.65. The Kier molecular flexibility index (Phi) is 5.80. The molecule has 0 atom stereocenters. The first-order valence-electron chi connectivity index (χ1n) is 6.53. The zero-order valence-electron chi connectivity index (χ0n) is 11.8. The number of nitrogens with zero attached hydrogens (tertiary/aromatic N) is 1. The molecule has 0 aliphatic carbocycles. The van der Waals surface area contributed by atoms with Crippen LogP contribution >= 0.6 is 28.1 Å². The molecule has 0 aliphatic heterocycles. The SMILES string of the molecule is Cc1nc(NC(=S)NC(=O)C=Cc2ccccc2)ccc1Br. The zero-order chi connectivity index (χ0) is 15.9. The number of aromatic nitrogens is 1. The van der Waals surface area contributed by atoms with Gasteiger partial charge in [-0.3, -0.25) is 10.1 Å². The van der Waals surface area contributed by atoms with Gasteiger partial charge in [-0.15, -0.1) is 0 Å². The summed E-state index contributed by atoms with van der Waals surface area (Å²) in [7, 11) is 0. The zero-order valence-corrected chi connectivity index (χ0v) is 14.2. The van der Waals surface area contributed by atoms with Gasteiger partial charge in [-0.05, 0) is 58.8 Å². The maximum atomic E-state index is 11.8. The van der Waals surface area contributed by atoms with Crippen molar-refractivity contribution in [1.82, 2.24) is 10.3 Å². The molecule has 0 bridgehead atoms. The number of benzene rings is 1. The van der Waals surface area contributed by atoms with Gasteiger partial charge in [0, 0.05) is 10.5 Å². The first-order valence-corrected chi connectivity index (χ1v) is 7.73. The van der Waals surface area contributed by atoms with E-state index in [1.54, 1.807) is 12.1 Å². The third kappa shape index (κ3) is 5.05. The summed E-state index contributed by atoms with van der Waals surface area (Å²) >= 11 is 8.47. The summed E-state index contributed by atoms with van der Waals surface area (Å²) in [5.74, 6) is 0.285. The molecule has 2 aromatic rings. The molecule has 0 spiro atoms. The first kappa shape index (κ1) is 16.3. The number of thiocarbonyl (C=S) groups is 1. The fraction of sp³-hybridized carbons (Fsp3) is 0.0625. The molecule has 2 rings (SSSR count). The number of anilines is 1. The number of amides is 1. The molecule has 0 radical (unpaired) electrons. The van der Waals surface area contributed by atoms with Crippen molar-refractivity contribution in [2.75, 3.05) is 5.32 Å². The number of halogens is 1. The summed E-state index contributed by atoms with van der Waals surface area (Å²) in [6, 6.07) is 13.2. The molecule has 0 saturated carbocycles. The van der Waals surface area contributed by atoms with Gasteiger partial charge in [-0.25, -0.2) is 4.98 Å². The molecule has 6 heteroatoms. The van der Waals surface area contributed by atoms with Gasteiger partial charge in [0.05, 0.1) is 5.69 Å². The molecule has 1 aromatic heterocycles. The Balaban J connectivity index is 1.90. The van der Waals surface area contributed by atoms with Gasteiger partial charge >= 0.3 is 0 Å². The maximum Gasteiger partial charge on any atom is 0.250 e. The number of rotatable bonds is 3. The monoisotopic (exact) mass is 375 g/mol. The molecular formula is C16H14BrN3OS. The van der Waals surface area contributed by atoms with Crippen LogP contribution in [0.5, 0.6) is 0 Å². The van der Waals surface area contributed by atoms with Crippen molar-refractivity contribution < 1.29 is 4.79 Å². The Labute approximate surface area is 142 Å². The third-order valence-corrected chi connectivity index (χ3v) is 3.77. The Morgan fingerprint density at radius 1 is 1.23 bits per heavy atom. The lowest BCUT2D eigenvalue weighted by Gasteiger charge is -2.08. The fourth-order valence-corrected chi connectivity index (χ4v) is 2.08. The van der Waals surface area contributed by atoms with Crippen molar-refractivity contribution >= 4 is 51.1 Å². The summed E-state index contributed by atoms with van der Waals surface area (Å²) in [6.45, 7) is 1.87. The van der Waals surface area contributed by atoms with E-state index in [0.29, 0.717) is 5.82 Å². The normalized spacial score (nSPS) is 10.5. The largest absolute Gasteiger partial charge is 0.317 e. The number of nitrogens with one attached hydrogen (secondary N) is 2. The van der Waals surface area contributed by atoms with Crippen LogP contribution in [0.4, 0.5) is 5.82 Å². The molecule has 1 amide bonds. The van der Waals surface area contributed by atoms with Gasteiger partial charge < -0.3 is 5.32 Å². The topological polar surface area (TPSA) is 54.0 Å². The van der Waals surface area contributed by atoms with Gasteiger partial charge in [0.2, 0.25) is 5.91 Å². The molecule has 0 aliphatic rings. The Morgan fingerprint density at radius 2 is 1.95 bits per heavy atom. The number of aryl methyl sites for hydroxylation is 1. The number of pyridine rings is 1. The molecule has 1 aromatic carbocycles. The lowest BCUT2D eigenvalue weighted by atomic mass is 10.2. The van der Waals surface area contributed by atoms with Crippen LogP contribution in [0.1, 0.15) is 11.3 Å². The number of carbonyl (C=O) groups excluding carboxylic acids is 1. The van der Waals surface area contributed by atoms with E-state index in [4.69, 9.17) is 12.2 Å². The van der Waals surface area contributed by atoms with Crippen molar-refractivity contribution in [2.45, 2.75) is 6.92 Å². The highest BCUT2D eigenvalue weighted by atomic mass is 79.9. The lowest BCUT2D eigenvalue weighted by Crippen LogP contribution is -2.33. The molecular weight excluding hydrogens is 362 g/mol. The predicted octanol–water partition coefficient (Wildman–Crippen LogP) is 3.68. The van der Waals surface area contributed by atoms with E-state index < -0.39 is 0 Å². The highest BCUT2D eigenvalue weighted by Gasteiger charge is 2.04. The summed E-state index contributed by atoms with van der Waals surface area (Å²) in [6.07, 6.45) is 3.16. The quantitative estimate of drug-likeness (QED) is 0.634. The second-order valence-electron chi connectivity index (χ2n) is 4.45. The summed E-state index contributed by atoms with van der Waals surface area (Å²) in [4.78, 5) is 16.1. The van der Waals surface area contributed by atoms with Crippen LogP contribution in [0.2, 0.25) is 0 Å². The average Bonchev–Trinajstić information content (AvgIpc) is 2.50. The van der Waals surface area contributed by atoms with Crippen LogP contribution in [0.25, 0.3) is 6.08 Å². The average molecular weight is 376 g/mol. The number of hydrogen-bond acceptors (Lipinski definition) is 3. The van der Waals surface area contributed by atoms with Crippen LogP contribution in [0.15, 0.2) is 53.0 Å². The maximum absolute atomic E-state index is 11.8. The number of carbonyl (C=O) groups is 1. The van der Waals surface area contributed by atoms with Crippen LogP contribution in [0.3, 0.4) is 0 Å². The predicted molar refractivity (Wildman–Crippen MR) is 96.5 cm³/mol. The lowest BCUT2D eigenvalue weighted by molar-refractivity contribution is -0.115. The Hall–Kier alpha value is -2.05. The Bertz CT molecular complexity index is 717. The highest BCUT2D eigenvalue weighted by Crippen LogP contribution is 2.15. The molecule has 2 N–H and O–H groups in total. The van der Waals surface area contributed by atoms with E-state index in [9.17, 15) is 4.79 Å². The first-order chi connectivity index (χ1) is 10.5. The van der Waals surface area contributed by atoms with Gasteiger partial charge in [0.15, 0.2) is 5.11 Å². The second-order valence-corrected chi connectivity index (χ2v) is 5.71. The van der Waals surface area contributed by atoms with Crippen molar-refractivity contribution in [1.29, 1.82) is 0 Å². The number of hydrogen-bond donors (Lipinski definition) is 2. The van der Waals surface area contributed by atoms with Gasteiger partial charge in [-0.1, -0.05) is 30.3 Å². The fourth-order valence-electron chi connectivity index (χ4n) is 1.65. The van der Waals surface area contributed by atoms with E-state index >= 15 is 0 Å². The summed E-state index contributed by atoms with van der Waals surface area (Å²) < 4.78 is 0.916. The second kappa shape index (κ2) is 7.82. The molecule has 4 nitrogen and oxygen atoms in total. The van der Waals surface area contributed by atoms with Gasteiger partial charge in [-0.2, -0.15) is 0 Å². The minimum absolute atomic E-state index is 0.205. The van der Waals surface area contributed by atoms with E-state index in [0.717, 1.165) is 15.7 Å². The Morgan fingerprint density at radius 3 is 2.64 bits per heavy atom. The van der Waals surface area contributed by atoms with E-state index in [1.807, 2.05) is 43.3 Å². The van der Waals surface area contributed by atoms with Crippen molar-refractivity contribution in [3.05, 3.63) is 64.3 Å². The van der Waals surface area contributed by atoms with E-state index in [-0.39, 0.29) is 11.0 Å². The molecule has 0 saturated heterocycles. The molecule has 1 heterocycles. The van der Waals surface area contributed by atoms with Crippen molar-refractivity contribution in [3.8, 4) is 0 Å². The molecule has 22 heavy (non-hydrogen) atoms. The minimum Gasteiger partial charge on any atom is -0.317 e. The summed E-state index contributed by atoms with van der Waals surface area (Å²) in [5.41, 5.74) is 1.78. The standard InChI is InChI=1S/C16H14BrN3OS/c1-11-13(17)8-9-14(18-11)19-16(22)20-15(21)10-7-12-5-3-2-4-6-12/h2-10H,1H3,(H2,18,19,20,21,22). The van der Waals surface area contributed by atoms with Gasteiger partial charge in [0.1, 0.15) is 5.82 Å². The van der Waals surface area contributed by atoms with E-state index in [1.165, 1.54) is 6.08 Å². The minimum atomic E-state index is -0.296. The van der Waals surface area contributed by atoms with Crippen LogP contribution in [-0.2, 0) is 4.79 Å². The molecule has 112 valence electrons. The third-order valence-electron chi connectivity index (χ3n) is 2.73. The van der Waals surface area contributed by atoms with Crippen LogP contribution in [0, 0.1) is 6.92 Å². The van der Waals surface area contributed by atoms with Gasteiger partial charge in [0.25, 0.3) is 0 Å². The van der Waals surface area contributed by atoms with Crippen molar-refractivity contribution in [3.63, 3.8) is 0 Å². The van der Waals surface area contributed by atoms with E-state index in [2.05, 4.69) is 31.5 Å².